The molecule has 1 aromatic carbocycles. The Hall–Kier alpha value is -3.02. The molecule has 0 aliphatic carbocycles. The lowest BCUT2D eigenvalue weighted by Gasteiger charge is -2.34. The summed E-state index contributed by atoms with van der Waals surface area (Å²) in [6.45, 7) is 6.82. The predicted octanol–water partition coefficient (Wildman–Crippen LogP) is 2.12. The van der Waals surface area contributed by atoms with Gasteiger partial charge in [-0.1, -0.05) is 45.0 Å². The van der Waals surface area contributed by atoms with Crippen molar-refractivity contribution in [3.05, 3.63) is 41.0 Å². The number of aliphatic hydroxyl groups is 2. The molecule has 1 fully saturated rings. The van der Waals surface area contributed by atoms with Crippen molar-refractivity contribution in [3.63, 3.8) is 0 Å². The zero-order valence-electron chi connectivity index (χ0n) is 20.2. The van der Waals surface area contributed by atoms with E-state index in [0.717, 1.165) is 16.0 Å². The van der Waals surface area contributed by atoms with E-state index in [4.69, 9.17) is 0 Å². The molecule has 1 saturated heterocycles. The molecule has 1 aromatic heterocycles. The molecule has 0 bridgehead atoms. The highest BCUT2D eigenvalue weighted by Gasteiger charge is 2.44. The number of carbonyl (C=O) groups excluding carboxylic acids is 2. The molecule has 3 rings (SSSR count). The molecule has 0 saturated carbocycles. The first-order valence-electron chi connectivity index (χ1n) is 11.3. The number of likely N-dealkylation sites (tertiary alicyclic amines) is 1. The Balaban J connectivity index is 1.72. The summed E-state index contributed by atoms with van der Waals surface area (Å²) < 4.78 is 0. The van der Waals surface area contributed by atoms with Crippen molar-refractivity contribution in [1.82, 2.24) is 20.5 Å². The Bertz CT molecular complexity index is 1060. The van der Waals surface area contributed by atoms with E-state index in [2.05, 4.69) is 15.6 Å². The third-order valence-corrected chi connectivity index (χ3v) is 6.99. The fraction of sp³-hybridized carbons (Fsp3) is 0.500. The van der Waals surface area contributed by atoms with Gasteiger partial charge in [0, 0.05) is 13.0 Å². The Morgan fingerprint density at radius 1 is 1.20 bits per heavy atom. The smallest absolute Gasteiger partial charge is 0.405 e. The average Bonchev–Trinajstić information content (AvgIpc) is 3.42. The van der Waals surface area contributed by atoms with E-state index in [9.17, 15) is 29.7 Å². The Morgan fingerprint density at radius 3 is 2.43 bits per heavy atom. The maximum Gasteiger partial charge on any atom is 0.405 e. The van der Waals surface area contributed by atoms with Gasteiger partial charge in [-0.3, -0.25) is 9.59 Å². The average molecular weight is 505 g/mol. The molecule has 190 valence electrons. The number of carbonyl (C=O) groups is 3. The molecule has 2 aromatic rings. The first kappa shape index (κ1) is 26.6. The third kappa shape index (κ3) is 6.16. The summed E-state index contributed by atoms with van der Waals surface area (Å²) in [5, 5.41) is 34.0. The first-order chi connectivity index (χ1) is 16.4. The fourth-order valence-electron chi connectivity index (χ4n) is 4.18. The van der Waals surface area contributed by atoms with Crippen LogP contribution in [0.2, 0.25) is 0 Å². The van der Waals surface area contributed by atoms with Crippen molar-refractivity contribution in [2.24, 2.45) is 5.41 Å². The largest absolute Gasteiger partial charge is 0.465 e. The third-order valence-electron chi connectivity index (χ3n) is 6.07. The monoisotopic (exact) mass is 504 g/mol. The van der Waals surface area contributed by atoms with Crippen LogP contribution in [-0.2, 0) is 16.2 Å². The van der Waals surface area contributed by atoms with Gasteiger partial charge in [0.05, 0.1) is 34.8 Å². The summed E-state index contributed by atoms with van der Waals surface area (Å²) in [5.74, 6) is -0.961. The van der Waals surface area contributed by atoms with Crippen molar-refractivity contribution < 1.29 is 29.7 Å². The topological polar surface area (TPSA) is 152 Å². The Labute approximate surface area is 208 Å². The van der Waals surface area contributed by atoms with E-state index in [1.165, 1.54) is 16.2 Å². The van der Waals surface area contributed by atoms with Gasteiger partial charge in [0.2, 0.25) is 11.8 Å². The number of hydrogen-bond donors (Lipinski definition) is 5. The Kier molecular flexibility index (Phi) is 8.14. The normalized spacial score (nSPS) is 19.8. The molecule has 0 spiro atoms. The molecule has 0 unspecified atom stereocenters. The number of aliphatic hydroxyl groups excluding tert-OH is 2. The van der Waals surface area contributed by atoms with E-state index in [0.29, 0.717) is 5.69 Å². The zero-order valence-corrected chi connectivity index (χ0v) is 21.0. The van der Waals surface area contributed by atoms with Crippen LogP contribution in [0.25, 0.3) is 10.4 Å². The molecule has 1 aliphatic heterocycles. The summed E-state index contributed by atoms with van der Waals surface area (Å²) in [7, 11) is 0. The summed E-state index contributed by atoms with van der Waals surface area (Å²) in [6, 6.07) is 5.18. The van der Waals surface area contributed by atoms with Gasteiger partial charge >= 0.3 is 6.09 Å². The molecule has 5 N–H and O–H groups in total. The molecule has 0 radical (unpaired) electrons. The second-order valence-electron chi connectivity index (χ2n) is 9.78. The van der Waals surface area contributed by atoms with Crippen molar-refractivity contribution in [2.45, 2.75) is 65.0 Å². The van der Waals surface area contributed by atoms with Gasteiger partial charge in [-0.2, -0.15) is 0 Å². The minimum Gasteiger partial charge on any atom is -0.465 e. The highest BCUT2D eigenvalue weighted by atomic mass is 32.1. The number of rotatable bonds is 7. The van der Waals surface area contributed by atoms with E-state index < -0.39 is 41.5 Å². The van der Waals surface area contributed by atoms with Crippen LogP contribution in [0, 0.1) is 5.41 Å². The highest BCUT2D eigenvalue weighted by molar-refractivity contribution is 7.13. The number of carboxylic acid groups (broad SMARTS) is 1. The number of amides is 3. The van der Waals surface area contributed by atoms with Crippen molar-refractivity contribution in [3.8, 4) is 10.4 Å². The summed E-state index contributed by atoms with van der Waals surface area (Å²) in [4.78, 5) is 43.9. The van der Waals surface area contributed by atoms with Gasteiger partial charge in [0.15, 0.2) is 0 Å². The molecular formula is C24H32N4O6S. The number of benzene rings is 1. The molecular weight excluding hydrogens is 472 g/mol. The molecule has 4 atom stereocenters. The number of thiazole rings is 1. The maximum atomic E-state index is 13.2. The first-order valence-corrected chi connectivity index (χ1v) is 12.2. The van der Waals surface area contributed by atoms with E-state index in [1.54, 1.807) is 26.3 Å². The number of aromatic nitrogens is 1. The van der Waals surface area contributed by atoms with E-state index >= 15 is 0 Å². The summed E-state index contributed by atoms with van der Waals surface area (Å²) >= 11 is 1.44. The van der Waals surface area contributed by atoms with Crippen LogP contribution >= 0.6 is 11.3 Å². The highest BCUT2D eigenvalue weighted by Crippen LogP contribution is 2.30. The lowest BCUT2D eigenvalue weighted by atomic mass is 9.85. The molecule has 3 amide bonds. The van der Waals surface area contributed by atoms with Crippen LogP contribution in [-0.4, -0.2) is 67.8 Å². The van der Waals surface area contributed by atoms with Gasteiger partial charge in [-0.15, -0.1) is 11.3 Å². The zero-order chi connectivity index (χ0) is 25.9. The quantitative estimate of drug-likeness (QED) is 0.387. The summed E-state index contributed by atoms with van der Waals surface area (Å²) in [6.07, 6.45) is -2.14. The van der Waals surface area contributed by atoms with Crippen LogP contribution in [0.4, 0.5) is 4.79 Å². The predicted molar refractivity (Wildman–Crippen MR) is 131 cm³/mol. The van der Waals surface area contributed by atoms with Gasteiger partial charge in [-0.25, -0.2) is 9.78 Å². The number of nitrogens with zero attached hydrogens (tertiary/aromatic N) is 2. The molecule has 10 nitrogen and oxygen atoms in total. The van der Waals surface area contributed by atoms with Gasteiger partial charge in [0.25, 0.3) is 0 Å². The van der Waals surface area contributed by atoms with Crippen molar-refractivity contribution in [1.29, 1.82) is 0 Å². The molecule has 2 heterocycles. The SMILES string of the molecule is C[C@H](NC(=O)[C@@H]1C[C@@H](O)CN1C(=O)[C@@H](NC(=O)O)C(C)(C)C)c1ccc(-c2scnc2CO)cc1. The van der Waals surface area contributed by atoms with Crippen molar-refractivity contribution >= 4 is 29.2 Å². The van der Waals surface area contributed by atoms with E-state index in [-0.39, 0.29) is 25.6 Å². The lowest BCUT2D eigenvalue weighted by Crippen LogP contribution is -2.57. The molecule has 1 aliphatic rings. The number of hydrogen-bond acceptors (Lipinski definition) is 7. The van der Waals surface area contributed by atoms with Crippen LogP contribution < -0.4 is 10.6 Å². The van der Waals surface area contributed by atoms with Crippen LogP contribution in [0.3, 0.4) is 0 Å². The molecule has 35 heavy (non-hydrogen) atoms. The van der Waals surface area contributed by atoms with Crippen molar-refractivity contribution in [2.75, 3.05) is 6.54 Å². The fourth-order valence-corrected chi connectivity index (χ4v) is 4.99. The standard InChI is InChI=1S/C24H32N4O6S/c1-13(14-5-7-15(8-6-14)19-17(11-29)25-12-35-19)26-21(31)18-9-16(30)10-28(18)22(32)20(24(2,3)4)27-23(33)34/h5-8,12-13,16,18,20,27,29-30H,9-11H2,1-4H3,(H,26,31)(H,33,34)/t13-,16+,18-,20+/m0/s1. The maximum absolute atomic E-state index is 13.2. The van der Waals surface area contributed by atoms with Gasteiger partial charge in [-0.05, 0) is 23.5 Å². The van der Waals surface area contributed by atoms with E-state index in [1.807, 2.05) is 31.2 Å². The molecule has 11 heteroatoms. The van der Waals surface area contributed by atoms with Crippen LogP contribution in [0.15, 0.2) is 29.8 Å². The van der Waals surface area contributed by atoms with Crippen LogP contribution in [0.1, 0.15) is 51.4 Å². The second kappa shape index (κ2) is 10.7. The van der Waals surface area contributed by atoms with Gasteiger partial charge in [0.1, 0.15) is 12.1 Å². The minimum atomic E-state index is -1.33. The number of β-amino-alcohol motifs (C(OH)–C–C–N with tert-alkyl or cyclic N) is 1. The summed E-state index contributed by atoms with van der Waals surface area (Å²) in [5.41, 5.74) is 3.31. The van der Waals surface area contributed by atoms with Crippen LogP contribution in [0.5, 0.6) is 0 Å². The second-order valence-corrected chi connectivity index (χ2v) is 10.6. The number of nitrogens with one attached hydrogen (secondary N) is 2. The van der Waals surface area contributed by atoms with Gasteiger partial charge < -0.3 is 30.9 Å². The minimum absolute atomic E-state index is 0.0457. The Morgan fingerprint density at radius 2 is 1.86 bits per heavy atom. The lowest BCUT2D eigenvalue weighted by molar-refractivity contribution is -0.142.